The van der Waals surface area contributed by atoms with Gasteiger partial charge in [-0.05, 0) is 73.5 Å². The molecule has 6 rings (SSSR count). The molecule has 2 fully saturated rings. The number of pyridine rings is 1. The summed E-state index contributed by atoms with van der Waals surface area (Å²) in [5, 5.41) is 10.9. The Balaban J connectivity index is 1.26. The minimum Gasteiger partial charge on any atom is -0.371 e. The summed E-state index contributed by atoms with van der Waals surface area (Å²) in [6.45, 7) is 1.45. The summed E-state index contributed by atoms with van der Waals surface area (Å²) in [4.78, 5) is 44.7. The molecule has 0 spiro atoms. The molecule has 0 aliphatic carbocycles. The largest absolute Gasteiger partial charge is 0.371 e. The van der Waals surface area contributed by atoms with Gasteiger partial charge in [-0.1, -0.05) is 0 Å². The van der Waals surface area contributed by atoms with Gasteiger partial charge in [-0.2, -0.15) is 9.97 Å². The van der Waals surface area contributed by atoms with E-state index in [-0.39, 0.29) is 24.3 Å². The van der Waals surface area contributed by atoms with Crippen molar-refractivity contribution in [3.05, 3.63) is 73.1 Å². The smallest absolute Gasteiger partial charge is 0.323 e. The lowest BCUT2D eigenvalue weighted by atomic mass is 10.1. The van der Waals surface area contributed by atoms with Crippen LogP contribution in [0.2, 0.25) is 0 Å². The number of carbonyl (C=O) groups is 2. The number of aromatic nitrogens is 4. The molecule has 0 saturated carbocycles. The topological polar surface area (TPSA) is 146 Å². The number of carbonyl (C=O) groups excluding carboxylic acids is 2. The summed E-state index contributed by atoms with van der Waals surface area (Å²) in [5.41, 5.74) is 3.50. The zero-order valence-electron chi connectivity index (χ0n) is 22.4. The lowest BCUT2D eigenvalue weighted by molar-refractivity contribution is 0.0299. The van der Waals surface area contributed by atoms with Gasteiger partial charge < -0.3 is 30.9 Å². The number of hydrogen-bond donors (Lipinski definition) is 4. The van der Waals surface area contributed by atoms with Crippen LogP contribution >= 0.6 is 0 Å². The van der Waals surface area contributed by atoms with Gasteiger partial charge in [0, 0.05) is 60.7 Å². The predicted molar refractivity (Wildman–Crippen MR) is 156 cm³/mol. The molecular weight excluding hydrogens is 522 g/mol. The first kappa shape index (κ1) is 26.1. The Morgan fingerprint density at radius 3 is 1.71 bits per heavy atom. The maximum Gasteiger partial charge on any atom is 0.323 e. The number of amides is 4. The highest BCUT2D eigenvalue weighted by Gasteiger charge is 2.35. The Morgan fingerprint density at radius 1 is 0.707 bits per heavy atom. The molecular formula is C29H29N9O3. The molecule has 4 amide bonds. The molecule has 2 bridgehead atoms. The van der Waals surface area contributed by atoms with Gasteiger partial charge in [0.05, 0.1) is 12.2 Å². The Kier molecular flexibility index (Phi) is 7.37. The number of ether oxygens (including phenoxy) is 1. The average molecular weight is 552 g/mol. The van der Waals surface area contributed by atoms with Gasteiger partial charge in [0.15, 0.2) is 11.6 Å². The van der Waals surface area contributed by atoms with Crippen LogP contribution in [0.25, 0.3) is 22.8 Å². The van der Waals surface area contributed by atoms with E-state index in [9.17, 15) is 9.59 Å². The molecule has 2 aliphatic heterocycles. The monoisotopic (exact) mass is 551 g/mol. The van der Waals surface area contributed by atoms with Crippen LogP contribution < -0.4 is 26.2 Å². The number of benzene rings is 2. The van der Waals surface area contributed by atoms with E-state index >= 15 is 0 Å². The van der Waals surface area contributed by atoms with Gasteiger partial charge in [-0.15, -0.1) is 0 Å². The third-order valence-electron chi connectivity index (χ3n) is 6.92. The van der Waals surface area contributed by atoms with Crippen LogP contribution in [0.1, 0.15) is 12.8 Å². The van der Waals surface area contributed by atoms with Crippen molar-refractivity contribution < 1.29 is 14.3 Å². The lowest BCUT2D eigenvalue weighted by Gasteiger charge is -2.32. The van der Waals surface area contributed by atoms with Crippen LogP contribution in [0.15, 0.2) is 73.1 Å². The molecule has 4 aromatic rings. The van der Waals surface area contributed by atoms with Gasteiger partial charge >= 0.3 is 12.1 Å². The number of urea groups is 2. The van der Waals surface area contributed by atoms with E-state index in [1.54, 1.807) is 55.8 Å². The van der Waals surface area contributed by atoms with Gasteiger partial charge in [-0.3, -0.25) is 4.98 Å². The van der Waals surface area contributed by atoms with Gasteiger partial charge in [0.1, 0.15) is 0 Å². The molecule has 12 heteroatoms. The third kappa shape index (κ3) is 6.23. The molecule has 2 saturated heterocycles. The summed E-state index contributed by atoms with van der Waals surface area (Å²) in [7, 11) is 1.56. The Hall–Kier alpha value is -5.10. The van der Waals surface area contributed by atoms with Crippen molar-refractivity contribution >= 4 is 35.1 Å². The van der Waals surface area contributed by atoms with Crippen molar-refractivity contribution in [3.63, 3.8) is 0 Å². The molecule has 2 aromatic carbocycles. The van der Waals surface area contributed by atoms with Crippen molar-refractivity contribution in [2.24, 2.45) is 0 Å². The average Bonchev–Trinajstić information content (AvgIpc) is 3.34. The fourth-order valence-corrected chi connectivity index (χ4v) is 4.87. The summed E-state index contributed by atoms with van der Waals surface area (Å²) in [5.74, 6) is 1.63. The van der Waals surface area contributed by atoms with Crippen LogP contribution in [-0.4, -0.2) is 64.3 Å². The van der Waals surface area contributed by atoms with Crippen molar-refractivity contribution in [3.8, 4) is 22.8 Å². The number of anilines is 4. The van der Waals surface area contributed by atoms with Crippen LogP contribution in [0.4, 0.5) is 32.6 Å². The van der Waals surface area contributed by atoms with E-state index in [0.717, 1.165) is 37.1 Å². The molecule has 2 aromatic heterocycles. The highest BCUT2D eigenvalue weighted by Crippen LogP contribution is 2.31. The normalized spacial score (nSPS) is 17.5. The predicted octanol–water partition coefficient (Wildman–Crippen LogP) is 4.36. The lowest BCUT2D eigenvalue weighted by Crippen LogP contribution is -2.43. The number of morpholine rings is 1. The molecule has 12 nitrogen and oxygen atoms in total. The summed E-state index contributed by atoms with van der Waals surface area (Å²) >= 11 is 0. The second-order valence-corrected chi connectivity index (χ2v) is 9.82. The standard InChI is InChI=1S/C29H29N9O3/c1-30-28(39)32-20-6-2-18(3-7-20)25-35-26(37-27(36-25)38-16-23-10-11-24(17-38)41-23)19-4-8-21(9-5-19)33-29(40)34-22-12-14-31-15-13-22/h2-9,12-15,23-24H,10-11,16-17H2,1H3,(H2,30,32,39)(H2,31,33,34,40). The van der Waals surface area contributed by atoms with Crippen LogP contribution in [0, 0.1) is 0 Å². The first-order chi connectivity index (χ1) is 20.0. The summed E-state index contributed by atoms with van der Waals surface area (Å²) in [6, 6.07) is 17.5. The molecule has 208 valence electrons. The Morgan fingerprint density at radius 2 is 1.20 bits per heavy atom. The second-order valence-electron chi connectivity index (χ2n) is 9.82. The Bertz CT molecular complexity index is 1520. The molecule has 41 heavy (non-hydrogen) atoms. The molecule has 4 N–H and O–H groups in total. The highest BCUT2D eigenvalue weighted by atomic mass is 16.5. The second kappa shape index (κ2) is 11.6. The Labute approximate surface area is 236 Å². The zero-order chi connectivity index (χ0) is 28.2. The SMILES string of the molecule is CNC(=O)Nc1ccc(-c2nc(-c3ccc(NC(=O)Nc4ccncc4)cc3)nc(N3CC4CCC(C3)O4)n2)cc1. The minimum absolute atomic E-state index is 0.177. The van der Waals surface area contributed by atoms with Crippen LogP contribution in [0.5, 0.6) is 0 Å². The van der Waals surface area contributed by atoms with E-state index in [2.05, 4.69) is 31.2 Å². The van der Waals surface area contributed by atoms with Gasteiger partial charge in [-0.25, -0.2) is 14.6 Å². The summed E-state index contributed by atoms with van der Waals surface area (Å²) in [6.07, 6.45) is 5.65. The zero-order valence-corrected chi connectivity index (χ0v) is 22.4. The van der Waals surface area contributed by atoms with E-state index < -0.39 is 0 Å². The van der Waals surface area contributed by atoms with Crippen LogP contribution in [0.3, 0.4) is 0 Å². The molecule has 2 unspecified atom stereocenters. The van der Waals surface area contributed by atoms with Crippen LogP contribution in [-0.2, 0) is 4.74 Å². The van der Waals surface area contributed by atoms with Crippen molar-refractivity contribution in [2.75, 3.05) is 41.0 Å². The van der Waals surface area contributed by atoms with Crippen molar-refractivity contribution in [2.45, 2.75) is 25.0 Å². The van der Waals surface area contributed by atoms with Gasteiger partial charge in [0.2, 0.25) is 5.95 Å². The quantitative estimate of drug-likeness (QED) is 0.276. The molecule has 0 radical (unpaired) electrons. The van der Waals surface area contributed by atoms with E-state index in [1.807, 2.05) is 24.3 Å². The van der Waals surface area contributed by atoms with E-state index in [0.29, 0.717) is 34.7 Å². The number of nitrogens with zero attached hydrogens (tertiary/aromatic N) is 5. The molecule has 4 heterocycles. The molecule has 2 atom stereocenters. The van der Waals surface area contributed by atoms with Crippen molar-refractivity contribution in [1.82, 2.24) is 25.3 Å². The number of fused-ring (bicyclic) bond motifs is 2. The fourth-order valence-electron chi connectivity index (χ4n) is 4.87. The first-order valence-electron chi connectivity index (χ1n) is 13.4. The summed E-state index contributed by atoms with van der Waals surface area (Å²) < 4.78 is 6.02. The maximum absolute atomic E-state index is 12.4. The van der Waals surface area contributed by atoms with Crippen molar-refractivity contribution in [1.29, 1.82) is 0 Å². The number of hydrogen-bond acceptors (Lipinski definition) is 8. The number of nitrogens with one attached hydrogen (secondary N) is 4. The van der Waals surface area contributed by atoms with E-state index in [1.165, 1.54) is 0 Å². The highest BCUT2D eigenvalue weighted by molar-refractivity contribution is 5.99. The number of rotatable bonds is 6. The third-order valence-corrected chi connectivity index (χ3v) is 6.92. The maximum atomic E-state index is 12.4. The van der Waals surface area contributed by atoms with E-state index in [4.69, 9.17) is 19.7 Å². The van der Waals surface area contributed by atoms with Gasteiger partial charge in [0.25, 0.3) is 0 Å². The molecule has 2 aliphatic rings. The fraction of sp³-hybridized carbons (Fsp3) is 0.241. The first-order valence-corrected chi connectivity index (χ1v) is 13.4. The minimum atomic E-state index is -0.356.